The van der Waals surface area contributed by atoms with Gasteiger partial charge in [-0.05, 0) is 48.0 Å². The van der Waals surface area contributed by atoms with Gasteiger partial charge >= 0.3 is 16.3 Å². The summed E-state index contributed by atoms with van der Waals surface area (Å²) < 4.78 is 32.4. The van der Waals surface area contributed by atoms with Crippen LogP contribution in [0.15, 0.2) is 22.7 Å². The third-order valence-electron chi connectivity index (χ3n) is 1.80. The first kappa shape index (κ1) is 15.6. The Labute approximate surface area is 119 Å². The van der Waals surface area contributed by atoms with Gasteiger partial charge in [-0.1, -0.05) is 0 Å². The van der Waals surface area contributed by atoms with Crippen LogP contribution in [-0.4, -0.2) is 20.6 Å². The highest BCUT2D eigenvalue weighted by Crippen LogP contribution is 2.25. The van der Waals surface area contributed by atoms with Crippen molar-refractivity contribution < 1.29 is 17.9 Å². The summed E-state index contributed by atoms with van der Waals surface area (Å²) in [5, 5.41) is 0. The van der Waals surface area contributed by atoms with Gasteiger partial charge in [0.2, 0.25) is 0 Å². The molecule has 4 N–H and O–H groups in total. The molecule has 1 amide bonds. The summed E-state index contributed by atoms with van der Waals surface area (Å²) in [6, 6.07) is 4.60. The zero-order valence-electron chi connectivity index (χ0n) is 10.3. The van der Waals surface area contributed by atoms with Gasteiger partial charge in [0.25, 0.3) is 0 Å². The van der Waals surface area contributed by atoms with Crippen molar-refractivity contribution in [2.75, 3.05) is 10.5 Å². The minimum Gasteiger partial charge on any atom is -0.446 e. The second-order valence-electron chi connectivity index (χ2n) is 3.90. The van der Waals surface area contributed by atoms with Crippen LogP contribution in [0.2, 0.25) is 0 Å². The molecule has 0 unspecified atom stereocenters. The Hall–Kier alpha value is -1.48. The van der Waals surface area contributed by atoms with Gasteiger partial charge < -0.3 is 10.5 Å². The van der Waals surface area contributed by atoms with Crippen molar-refractivity contribution >= 4 is 43.6 Å². The monoisotopic (exact) mass is 351 g/mol. The Morgan fingerprint density at radius 1 is 1.42 bits per heavy atom. The SMILES string of the molecule is CC(C)OC(=O)NS(=O)(=O)Nc1cc(N)ccc1Br. The number of anilines is 2. The van der Waals surface area contributed by atoms with E-state index in [2.05, 4.69) is 25.4 Å². The van der Waals surface area contributed by atoms with Crippen molar-refractivity contribution in [1.29, 1.82) is 0 Å². The fourth-order valence-corrected chi connectivity index (χ4v) is 2.39. The molecule has 0 spiro atoms. The Bertz CT molecular complexity index is 574. The van der Waals surface area contributed by atoms with E-state index in [1.807, 2.05) is 0 Å². The summed E-state index contributed by atoms with van der Waals surface area (Å²) in [7, 11) is -4.08. The number of rotatable bonds is 4. The predicted octanol–water partition coefficient (Wildman–Crippen LogP) is 1.82. The van der Waals surface area contributed by atoms with Gasteiger partial charge in [-0.15, -0.1) is 0 Å². The van der Waals surface area contributed by atoms with Crippen molar-refractivity contribution in [2.45, 2.75) is 20.0 Å². The van der Waals surface area contributed by atoms with Crippen LogP contribution < -0.4 is 15.2 Å². The molecule has 9 heteroatoms. The molecule has 0 bridgehead atoms. The smallest absolute Gasteiger partial charge is 0.422 e. The minimum absolute atomic E-state index is 0.213. The number of carbonyl (C=O) groups is 1. The molecule has 19 heavy (non-hydrogen) atoms. The lowest BCUT2D eigenvalue weighted by molar-refractivity contribution is 0.121. The van der Waals surface area contributed by atoms with Crippen LogP contribution in [-0.2, 0) is 14.9 Å². The quantitative estimate of drug-likeness (QED) is 0.716. The number of hydrogen-bond acceptors (Lipinski definition) is 5. The molecule has 0 saturated heterocycles. The second-order valence-corrected chi connectivity index (χ2v) is 6.17. The van der Waals surface area contributed by atoms with Gasteiger partial charge in [0, 0.05) is 10.2 Å². The van der Waals surface area contributed by atoms with Crippen LogP contribution in [0.1, 0.15) is 13.8 Å². The number of halogens is 1. The van der Waals surface area contributed by atoms with Gasteiger partial charge in [-0.2, -0.15) is 8.42 Å². The Morgan fingerprint density at radius 2 is 2.05 bits per heavy atom. The van der Waals surface area contributed by atoms with Crippen molar-refractivity contribution in [3.05, 3.63) is 22.7 Å². The lowest BCUT2D eigenvalue weighted by Crippen LogP contribution is -2.36. The summed E-state index contributed by atoms with van der Waals surface area (Å²) in [5.74, 6) is 0. The van der Waals surface area contributed by atoms with Gasteiger partial charge in [0.1, 0.15) is 0 Å². The van der Waals surface area contributed by atoms with E-state index in [-0.39, 0.29) is 5.69 Å². The molecule has 0 heterocycles. The van der Waals surface area contributed by atoms with Gasteiger partial charge in [0.05, 0.1) is 11.8 Å². The van der Waals surface area contributed by atoms with Crippen molar-refractivity contribution in [1.82, 2.24) is 4.72 Å². The highest BCUT2D eigenvalue weighted by atomic mass is 79.9. The lowest BCUT2D eigenvalue weighted by atomic mass is 10.3. The summed E-state index contributed by atoms with van der Waals surface area (Å²) >= 11 is 3.16. The highest BCUT2D eigenvalue weighted by molar-refractivity contribution is 9.10. The van der Waals surface area contributed by atoms with E-state index < -0.39 is 22.4 Å². The first-order valence-corrected chi connectivity index (χ1v) is 7.53. The Balaban J connectivity index is 2.80. The molecular formula is C10H14BrN3O4S. The lowest BCUT2D eigenvalue weighted by Gasteiger charge is -2.12. The highest BCUT2D eigenvalue weighted by Gasteiger charge is 2.17. The third kappa shape index (κ3) is 5.35. The molecule has 106 valence electrons. The molecule has 0 aliphatic rings. The largest absolute Gasteiger partial charge is 0.446 e. The fourth-order valence-electron chi connectivity index (χ4n) is 1.14. The van der Waals surface area contributed by atoms with Crippen LogP contribution in [0, 0.1) is 0 Å². The molecule has 0 aromatic heterocycles. The number of nitrogens with two attached hydrogens (primary N) is 1. The van der Waals surface area contributed by atoms with Gasteiger partial charge in [-0.3, -0.25) is 4.72 Å². The first-order chi connectivity index (χ1) is 8.69. The number of benzene rings is 1. The van der Waals surface area contributed by atoms with Crippen molar-refractivity contribution in [3.8, 4) is 0 Å². The van der Waals surface area contributed by atoms with Crippen molar-refractivity contribution in [2.24, 2.45) is 0 Å². The first-order valence-electron chi connectivity index (χ1n) is 5.26. The van der Waals surface area contributed by atoms with Crippen molar-refractivity contribution in [3.63, 3.8) is 0 Å². The van der Waals surface area contributed by atoms with Crippen LogP contribution in [0.25, 0.3) is 0 Å². The summed E-state index contributed by atoms with van der Waals surface area (Å²) in [5.41, 5.74) is 6.14. The summed E-state index contributed by atoms with van der Waals surface area (Å²) in [6.07, 6.45) is -1.48. The topological polar surface area (TPSA) is 111 Å². The molecule has 1 aromatic carbocycles. The number of nitrogens with one attached hydrogen (secondary N) is 2. The molecule has 0 aliphatic carbocycles. The standard InChI is InChI=1S/C10H14BrN3O4S/c1-6(2)18-10(15)14-19(16,17)13-9-5-7(12)3-4-8(9)11/h3-6,13H,12H2,1-2H3,(H,14,15). The molecule has 0 fully saturated rings. The second kappa shape index (κ2) is 6.11. The van der Waals surface area contributed by atoms with Crippen LogP contribution in [0.3, 0.4) is 0 Å². The predicted molar refractivity (Wildman–Crippen MR) is 75.8 cm³/mol. The number of amides is 1. The maximum Gasteiger partial charge on any atom is 0.422 e. The molecule has 0 radical (unpaired) electrons. The zero-order valence-corrected chi connectivity index (χ0v) is 12.7. The van der Waals surface area contributed by atoms with E-state index in [1.54, 1.807) is 30.7 Å². The fraction of sp³-hybridized carbons (Fsp3) is 0.300. The van der Waals surface area contributed by atoms with Crippen LogP contribution >= 0.6 is 15.9 Å². The molecule has 0 saturated carbocycles. The summed E-state index contributed by atoms with van der Waals surface area (Å²) in [4.78, 5) is 11.2. The third-order valence-corrected chi connectivity index (χ3v) is 3.41. The van der Waals surface area contributed by atoms with E-state index >= 15 is 0 Å². The molecule has 0 atom stereocenters. The van der Waals surface area contributed by atoms with E-state index in [0.29, 0.717) is 10.2 Å². The Kier molecular flexibility index (Phi) is 5.01. The van der Waals surface area contributed by atoms with Gasteiger partial charge in [-0.25, -0.2) is 9.52 Å². The molecule has 7 nitrogen and oxygen atoms in total. The van der Waals surface area contributed by atoms with E-state index in [1.165, 1.54) is 6.07 Å². The minimum atomic E-state index is -4.08. The average molecular weight is 352 g/mol. The maximum absolute atomic E-state index is 11.7. The van der Waals surface area contributed by atoms with E-state index in [0.717, 1.165) is 0 Å². The van der Waals surface area contributed by atoms with Gasteiger partial charge in [0.15, 0.2) is 0 Å². The number of carbonyl (C=O) groups excluding carboxylic acids is 1. The van der Waals surface area contributed by atoms with E-state index in [9.17, 15) is 13.2 Å². The average Bonchev–Trinajstić information content (AvgIpc) is 2.20. The van der Waals surface area contributed by atoms with Crippen LogP contribution in [0.5, 0.6) is 0 Å². The number of nitrogen functional groups attached to an aromatic ring is 1. The number of ether oxygens (including phenoxy) is 1. The zero-order chi connectivity index (χ0) is 14.6. The molecule has 0 aliphatic heterocycles. The van der Waals surface area contributed by atoms with E-state index in [4.69, 9.17) is 5.73 Å². The molecule has 1 aromatic rings. The number of hydrogen-bond donors (Lipinski definition) is 3. The Morgan fingerprint density at radius 3 is 2.63 bits per heavy atom. The molecule has 1 rings (SSSR count). The maximum atomic E-state index is 11.7. The van der Waals surface area contributed by atoms with Crippen LogP contribution in [0.4, 0.5) is 16.2 Å². The summed E-state index contributed by atoms with van der Waals surface area (Å²) in [6.45, 7) is 3.21. The molecular weight excluding hydrogens is 338 g/mol. The normalized spacial score (nSPS) is 11.2.